The highest BCUT2D eigenvalue weighted by atomic mass is 32.2. The Morgan fingerprint density at radius 3 is 2.58 bits per heavy atom. The molecule has 2 aromatic rings. The van der Waals surface area contributed by atoms with Crippen molar-refractivity contribution in [2.75, 3.05) is 5.43 Å². The Labute approximate surface area is 117 Å². The average Bonchev–Trinajstić information content (AvgIpc) is 2.41. The van der Waals surface area contributed by atoms with Crippen LogP contribution in [0, 0.1) is 20.8 Å². The zero-order valence-electron chi connectivity index (χ0n) is 11.4. The molecule has 0 spiro atoms. The van der Waals surface area contributed by atoms with E-state index in [9.17, 15) is 0 Å². The van der Waals surface area contributed by atoms with Crippen molar-refractivity contribution in [3.05, 3.63) is 46.9 Å². The van der Waals surface area contributed by atoms with Gasteiger partial charge < -0.3 is 5.43 Å². The molecule has 5 heteroatoms. The van der Waals surface area contributed by atoms with E-state index >= 15 is 0 Å². The van der Waals surface area contributed by atoms with E-state index < -0.39 is 0 Å². The van der Waals surface area contributed by atoms with E-state index in [1.165, 1.54) is 10.5 Å². The Hall–Kier alpha value is -1.59. The van der Waals surface area contributed by atoms with Crippen molar-refractivity contribution in [2.45, 2.75) is 31.4 Å². The summed E-state index contributed by atoms with van der Waals surface area (Å²) in [6.45, 7) is 6.04. The van der Waals surface area contributed by atoms with E-state index in [4.69, 9.17) is 5.84 Å². The number of aryl methyl sites for hydroxylation is 2. The van der Waals surface area contributed by atoms with Gasteiger partial charge in [0, 0.05) is 16.2 Å². The number of nitrogen functional groups attached to an aromatic ring is 1. The molecule has 0 saturated carbocycles. The second-order valence-electron chi connectivity index (χ2n) is 4.40. The molecule has 0 bridgehead atoms. The highest BCUT2D eigenvalue weighted by Gasteiger charge is 2.08. The molecule has 1 aromatic heterocycles. The molecule has 100 valence electrons. The SMILES string of the molecule is Cc1ccccc1SCc1nc(C)c(C)c(NN)n1. The van der Waals surface area contributed by atoms with Gasteiger partial charge in [0.1, 0.15) is 11.6 Å². The maximum absolute atomic E-state index is 5.47. The Balaban J connectivity index is 2.16. The molecule has 0 radical (unpaired) electrons. The van der Waals surface area contributed by atoms with Crippen molar-refractivity contribution in [2.24, 2.45) is 5.84 Å². The van der Waals surface area contributed by atoms with E-state index in [2.05, 4.69) is 34.5 Å². The second kappa shape index (κ2) is 6.04. The lowest BCUT2D eigenvalue weighted by molar-refractivity contribution is 0.968. The van der Waals surface area contributed by atoms with Crippen LogP contribution in [0.25, 0.3) is 0 Å². The summed E-state index contributed by atoms with van der Waals surface area (Å²) in [6, 6.07) is 8.31. The lowest BCUT2D eigenvalue weighted by atomic mass is 10.2. The highest BCUT2D eigenvalue weighted by molar-refractivity contribution is 7.98. The summed E-state index contributed by atoms with van der Waals surface area (Å²) in [5.74, 6) is 7.71. The monoisotopic (exact) mass is 274 g/mol. The van der Waals surface area contributed by atoms with Gasteiger partial charge in [-0.3, -0.25) is 0 Å². The molecule has 0 atom stereocenters. The third-order valence-electron chi connectivity index (χ3n) is 3.02. The molecular formula is C14H18N4S. The molecular weight excluding hydrogens is 256 g/mol. The third-order valence-corrected chi connectivity index (χ3v) is 4.19. The van der Waals surface area contributed by atoms with Gasteiger partial charge in [0.25, 0.3) is 0 Å². The maximum Gasteiger partial charge on any atom is 0.146 e. The molecule has 1 heterocycles. The molecule has 0 aliphatic heterocycles. The lowest BCUT2D eigenvalue weighted by Crippen LogP contribution is -2.13. The number of hydrazine groups is 1. The molecule has 0 unspecified atom stereocenters. The average molecular weight is 274 g/mol. The minimum Gasteiger partial charge on any atom is -0.308 e. The Kier molecular flexibility index (Phi) is 4.39. The Morgan fingerprint density at radius 1 is 1.16 bits per heavy atom. The molecule has 0 aliphatic carbocycles. The molecule has 19 heavy (non-hydrogen) atoms. The minimum absolute atomic E-state index is 0.702. The van der Waals surface area contributed by atoms with E-state index in [1.807, 2.05) is 26.0 Å². The van der Waals surface area contributed by atoms with Gasteiger partial charge in [0.05, 0.1) is 5.75 Å². The number of anilines is 1. The van der Waals surface area contributed by atoms with Crippen LogP contribution in [0.4, 0.5) is 5.82 Å². The zero-order chi connectivity index (χ0) is 13.8. The predicted molar refractivity (Wildman–Crippen MR) is 80.1 cm³/mol. The number of thioether (sulfide) groups is 1. The molecule has 0 saturated heterocycles. The summed E-state index contributed by atoms with van der Waals surface area (Å²) in [6.07, 6.45) is 0. The molecule has 3 N–H and O–H groups in total. The van der Waals surface area contributed by atoms with Gasteiger partial charge in [-0.1, -0.05) is 18.2 Å². The number of benzene rings is 1. The molecule has 1 aromatic carbocycles. The normalized spacial score (nSPS) is 10.5. The smallest absolute Gasteiger partial charge is 0.146 e. The van der Waals surface area contributed by atoms with E-state index in [0.717, 1.165) is 22.8 Å². The largest absolute Gasteiger partial charge is 0.308 e. The first-order valence-corrected chi connectivity index (χ1v) is 7.09. The van der Waals surface area contributed by atoms with Crippen molar-refractivity contribution >= 4 is 17.6 Å². The van der Waals surface area contributed by atoms with Crippen LogP contribution in [-0.4, -0.2) is 9.97 Å². The van der Waals surface area contributed by atoms with Crippen LogP contribution in [-0.2, 0) is 5.75 Å². The molecule has 0 fully saturated rings. The van der Waals surface area contributed by atoms with Crippen molar-refractivity contribution in [3.63, 3.8) is 0 Å². The second-order valence-corrected chi connectivity index (χ2v) is 5.41. The number of nitrogens with one attached hydrogen (secondary N) is 1. The standard InChI is InChI=1S/C14H18N4S/c1-9-6-4-5-7-12(9)19-8-13-16-11(3)10(2)14(17-13)18-15/h4-7H,8,15H2,1-3H3,(H,16,17,18). The molecule has 2 rings (SSSR count). The summed E-state index contributed by atoms with van der Waals surface area (Å²) in [4.78, 5) is 10.2. The van der Waals surface area contributed by atoms with Crippen molar-refractivity contribution < 1.29 is 0 Å². The summed E-state index contributed by atoms with van der Waals surface area (Å²) in [5.41, 5.74) is 5.85. The summed E-state index contributed by atoms with van der Waals surface area (Å²) in [5, 5.41) is 0. The molecule has 0 amide bonds. The summed E-state index contributed by atoms with van der Waals surface area (Å²) >= 11 is 1.74. The van der Waals surface area contributed by atoms with Crippen LogP contribution in [0.5, 0.6) is 0 Å². The number of aromatic nitrogens is 2. The number of nitrogens with two attached hydrogens (primary N) is 1. The first-order chi connectivity index (χ1) is 9.11. The van der Waals surface area contributed by atoms with Gasteiger partial charge in [0.15, 0.2) is 0 Å². The van der Waals surface area contributed by atoms with Crippen molar-refractivity contribution in [1.29, 1.82) is 0 Å². The number of nitrogens with zero attached hydrogens (tertiary/aromatic N) is 2. The topological polar surface area (TPSA) is 63.8 Å². The predicted octanol–water partition coefficient (Wildman–Crippen LogP) is 2.98. The maximum atomic E-state index is 5.47. The van der Waals surface area contributed by atoms with Gasteiger partial charge in [0.2, 0.25) is 0 Å². The fraction of sp³-hybridized carbons (Fsp3) is 0.286. The summed E-state index contributed by atoms with van der Waals surface area (Å²) < 4.78 is 0. The van der Waals surface area contributed by atoms with E-state index in [-0.39, 0.29) is 0 Å². The van der Waals surface area contributed by atoms with Gasteiger partial charge in [-0.2, -0.15) is 0 Å². The van der Waals surface area contributed by atoms with Crippen LogP contribution < -0.4 is 11.3 Å². The number of rotatable bonds is 4. The molecule has 4 nitrogen and oxygen atoms in total. The van der Waals surface area contributed by atoms with E-state index in [1.54, 1.807) is 11.8 Å². The van der Waals surface area contributed by atoms with Gasteiger partial charge >= 0.3 is 0 Å². The Morgan fingerprint density at radius 2 is 1.89 bits per heavy atom. The van der Waals surface area contributed by atoms with E-state index in [0.29, 0.717) is 5.82 Å². The number of hydrogen-bond donors (Lipinski definition) is 2. The third kappa shape index (κ3) is 3.24. The molecule has 0 aliphatic rings. The van der Waals surface area contributed by atoms with Crippen LogP contribution in [0.2, 0.25) is 0 Å². The number of hydrogen-bond acceptors (Lipinski definition) is 5. The first kappa shape index (κ1) is 13.8. The zero-order valence-corrected chi connectivity index (χ0v) is 12.2. The van der Waals surface area contributed by atoms with Gasteiger partial charge in [-0.25, -0.2) is 15.8 Å². The Bertz CT molecular complexity index is 584. The first-order valence-electron chi connectivity index (χ1n) is 6.11. The summed E-state index contributed by atoms with van der Waals surface area (Å²) in [7, 11) is 0. The van der Waals surface area contributed by atoms with Gasteiger partial charge in [-0.15, -0.1) is 11.8 Å². The van der Waals surface area contributed by atoms with Crippen LogP contribution in [0.1, 0.15) is 22.6 Å². The fourth-order valence-corrected chi connectivity index (χ4v) is 2.64. The van der Waals surface area contributed by atoms with Gasteiger partial charge in [-0.05, 0) is 32.4 Å². The fourth-order valence-electron chi connectivity index (χ4n) is 1.75. The highest BCUT2D eigenvalue weighted by Crippen LogP contribution is 2.25. The quantitative estimate of drug-likeness (QED) is 0.510. The van der Waals surface area contributed by atoms with Crippen LogP contribution in [0.15, 0.2) is 29.2 Å². The van der Waals surface area contributed by atoms with Crippen molar-refractivity contribution in [3.8, 4) is 0 Å². The van der Waals surface area contributed by atoms with Crippen molar-refractivity contribution in [1.82, 2.24) is 9.97 Å². The lowest BCUT2D eigenvalue weighted by Gasteiger charge is -2.10. The minimum atomic E-state index is 0.702. The van der Waals surface area contributed by atoms with Crippen LogP contribution in [0.3, 0.4) is 0 Å². The van der Waals surface area contributed by atoms with Crippen LogP contribution >= 0.6 is 11.8 Å².